The highest BCUT2D eigenvalue weighted by molar-refractivity contribution is 6.12. The van der Waals surface area contributed by atoms with Crippen LogP contribution in [0.25, 0.3) is 0 Å². The number of nitrogens with zero attached hydrogens (tertiary/aromatic N) is 4. The average Bonchev–Trinajstić information content (AvgIpc) is 3.27. The average molecular weight is 662 g/mol. The zero-order valence-corrected chi connectivity index (χ0v) is 25.2. The van der Waals surface area contributed by atoms with Crippen LogP contribution in [-0.4, -0.2) is 147 Å². The summed E-state index contributed by atoms with van der Waals surface area (Å²) in [5.41, 5.74) is 0.946. The summed E-state index contributed by atoms with van der Waals surface area (Å²) in [5, 5.41) is 53.2. The van der Waals surface area contributed by atoms with Gasteiger partial charge in [0.2, 0.25) is 5.91 Å². The van der Waals surface area contributed by atoms with Gasteiger partial charge in [-0.1, -0.05) is 12.1 Å². The molecule has 1 aliphatic rings. The summed E-state index contributed by atoms with van der Waals surface area (Å²) in [5.74, 6) is -8.42. The number of aliphatic carboxylic acids is 5. The molecule has 0 saturated carbocycles. The number of benzene rings is 1. The maximum atomic E-state index is 12.4. The number of carboxylic acids is 5. The molecule has 3 amide bonds. The molecule has 0 saturated heterocycles. The molecule has 1 aliphatic heterocycles. The van der Waals surface area contributed by atoms with E-state index in [9.17, 15) is 58.8 Å². The monoisotopic (exact) mass is 661 g/mol. The highest BCUT2D eigenvalue weighted by Crippen LogP contribution is 2.16. The zero-order valence-electron chi connectivity index (χ0n) is 25.2. The van der Waals surface area contributed by atoms with Gasteiger partial charge in [-0.3, -0.25) is 48.4 Å². The maximum absolute atomic E-state index is 12.4. The first kappa shape index (κ1) is 38.0. The molecule has 0 spiro atoms. The molecule has 1 aromatic carbocycles. The zero-order chi connectivity index (χ0) is 35.1. The van der Waals surface area contributed by atoms with Crippen molar-refractivity contribution in [3.05, 3.63) is 42.0 Å². The van der Waals surface area contributed by atoms with Crippen molar-refractivity contribution in [3.63, 3.8) is 0 Å². The second-order valence-corrected chi connectivity index (χ2v) is 10.6. The second kappa shape index (κ2) is 18.7. The van der Waals surface area contributed by atoms with Crippen LogP contribution in [-0.2, 0) is 44.8 Å². The Morgan fingerprint density at radius 3 is 1.81 bits per heavy atom. The minimum absolute atomic E-state index is 0.00865. The molecule has 4 N–H and O–H groups in total. The largest absolute Gasteiger partial charge is 0.549 e. The van der Waals surface area contributed by atoms with Crippen LogP contribution in [0.4, 0.5) is 5.69 Å². The lowest BCUT2D eigenvalue weighted by Gasteiger charge is -2.35. The molecule has 18 heteroatoms. The molecular formula is C29H35N5O13-2. The van der Waals surface area contributed by atoms with E-state index in [4.69, 9.17) is 5.11 Å². The Labute approximate surface area is 268 Å². The van der Waals surface area contributed by atoms with Gasteiger partial charge in [-0.05, 0) is 30.5 Å². The normalized spacial score (nSPS) is 13.4. The van der Waals surface area contributed by atoms with E-state index in [-0.39, 0.29) is 51.3 Å². The Morgan fingerprint density at radius 2 is 1.28 bits per heavy atom. The number of anilines is 1. The quantitative estimate of drug-likeness (QED) is 0.0812. The molecule has 0 radical (unpaired) electrons. The molecule has 0 fully saturated rings. The summed E-state index contributed by atoms with van der Waals surface area (Å²) in [4.78, 5) is 97.0. The fraction of sp³-hybridized carbons (Fsp3) is 0.448. The third-order valence-corrected chi connectivity index (χ3v) is 6.85. The number of imide groups is 1. The van der Waals surface area contributed by atoms with Crippen molar-refractivity contribution in [1.82, 2.24) is 19.6 Å². The lowest BCUT2D eigenvalue weighted by atomic mass is 10.0. The number of carbonyl (C=O) groups is 8. The highest BCUT2D eigenvalue weighted by Gasteiger charge is 2.26. The molecule has 1 atom stereocenters. The van der Waals surface area contributed by atoms with Gasteiger partial charge in [-0.15, -0.1) is 0 Å². The number of nitrogens with one attached hydrogen (secondary N) is 1. The molecule has 0 unspecified atom stereocenters. The first-order valence-corrected chi connectivity index (χ1v) is 14.3. The van der Waals surface area contributed by atoms with Crippen LogP contribution >= 0.6 is 0 Å². The Bertz CT molecular complexity index is 1310. The van der Waals surface area contributed by atoms with E-state index in [1.54, 1.807) is 24.3 Å². The van der Waals surface area contributed by atoms with Gasteiger partial charge in [0.15, 0.2) is 0 Å². The van der Waals surface area contributed by atoms with E-state index < -0.39 is 80.4 Å². The number of carboxylic acid groups (broad SMARTS) is 5. The first-order valence-electron chi connectivity index (χ1n) is 14.3. The maximum Gasteiger partial charge on any atom is 0.317 e. The Morgan fingerprint density at radius 1 is 0.745 bits per heavy atom. The van der Waals surface area contributed by atoms with Gasteiger partial charge >= 0.3 is 17.9 Å². The minimum atomic E-state index is -1.59. The fourth-order valence-corrected chi connectivity index (χ4v) is 4.83. The Kier molecular flexibility index (Phi) is 15.1. The van der Waals surface area contributed by atoms with Crippen molar-refractivity contribution in [2.24, 2.45) is 0 Å². The summed E-state index contributed by atoms with van der Waals surface area (Å²) < 4.78 is 0. The van der Waals surface area contributed by atoms with Crippen molar-refractivity contribution < 1.29 is 63.9 Å². The molecule has 18 nitrogen and oxygen atoms in total. The van der Waals surface area contributed by atoms with Crippen LogP contribution in [0.5, 0.6) is 0 Å². The van der Waals surface area contributed by atoms with Crippen molar-refractivity contribution in [2.45, 2.75) is 25.3 Å². The van der Waals surface area contributed by atoms with Gasteiger partial charge < -0.3 is 40.4 Å². The highest BCUT2D eigenvalue weighted by atomic mass is 16.4. The van der Waals surface area contributed by atoms with Gasteiger partial charge in [0, 0.05) is 69.6 Å². The topological polar surface area (TPSA) is 268 Å². The number of carbonyl (C=O) groups excluding carboxylic acids is 5. The number of rotatable bonds is 23. The smallest absolute Gasteiger partial charge is 0.317 e. The van der Waals surface area contributed by atoms with Gasteiger partial charge in [0.1, 0.15) is 0 Å². The third kappa shape index (κ3) is 14.6. The van der Waals surface area contributed by atoms with Crippen LogP contribution in [0.3, 0.4) is 0 Å². The Balaban J connectivity index is 2.17. The van der Waals surface area contributed by atoms with Crippen molar-refractivity contribution in [2.75, 3.05) is 64.2 Å². The van der Waals surface area contributed by atoms with Crippen LogP contribution in [0, 0.1) is 0 Å². The molecular weight excluding hydrogens is 626 g/mol. The van der Waals surface area contributed by atoms with Crippen LogP contribution < -0.4 is 15.5 Å². The minimum Gasteiger partial charge on any atom is -0.549 e. The van der Waals surface area contributed by atoms with E-state index in [0.29, 0.717) is 11.3 Å². The van der Waals surface area contributed by atoms with Crippen molar-refractivity contribution in [3.8, 4) is 0 Å². The van der Waals surface area contributed by atoms with Crippen molar-refractivity contribution >= 4 is 53.3 Å². The number of hydrogen-bond donors (Lipinski definition) is 4. The van der Waals surface area contributed by atoms with Gasteiger partial charge in [0.05, 0.1) is 31.6 Å². The van der Waals surface area contributed by atoms with Crippen LogP contribution in [0.1, 0.15) is 18.4 Å². The molecule has 1 heterocycles. The summed E-state index contributed by atoms with van der Waals surface area (Å²) >= 11 is 0. The molecule has 256 valence electrons. The predicted molar refractivity (Wildman–Crippen MR) is 155 cm³/mol. The predicted octanol–water partition coefficient (Wildman–Crippen LogP) is -4.10. The summed E-state index contributed by atoms with van der Waals surface area (Å²) in [6.07, 6.45) is 2.55. The van der Waals surface area contributed by atoms with E-state index >= 15 is 0 Å². The molecule has 1 aromatic rings. The first-order chi connectivity index (χ1) is 22.1. The van der Waals surface area contributed by atoms with E-state index in [2.05, 4.69) is 5.32 Å². The van der Waals surface area contributed by atoms with Crippen LogP contribution in [0.15, 0.2) is 36.4 Å². The summed E-state index contributed by atoms with van der Waals surface area (Å²) in [6.45, 7) is -4.11. The van der Waals surface area contributed by atoms with E-state index in [1.165, 1.54) is 4.90 Å². The van der Waals surface area contributed by atoms with E-state index in [0.717, 1.165) is 26.9 Å². The lowest BCUT2D eigenvalue weighted by Crippen LogP contribution is -2.53. The molecule has 47 heavy (non-hydrogen) atoms. The van der Waals surface area contributed by atoms with Gasteiger partial charge in [-0.25, -0.2) is 0 Å². The summed E-state index contributed by atoms with van der Waals surface area (Å²) in [7, 11) is 0. The second-order valence-electron chi connectivity index (χ2n) is 10.6. The number of hydrogen-bond acceptors (Lipinski definition) is 13. The van der Waals surface area contributed by atoms with Gasteiger partial charge in [-0.2, -0.15) is 0 Å². The molecule has 0 bridgehead atoms. The van der Waals surface area contributed by atoms with E-state index in [1.807, 2.05) is 0 Å². The molecule has 2 rings (SSSR count). The third-order valence-electron chi connectivity index (χ3n) is 6.85. The number of amides is 3. The molecule has 0 aliphatic carbocycles. The lowest BCUT2D eigenvalue weighted by molar-refractivity contribution is -0.307. The van der Waals surface area contributed by atoms with Crippen molar-refractivity contribution in [1.29, 1.82) is 0 Å². The standard InChI is InChI=1S/C29H37N5O13/c35-22(2-1-9-34-23(36)7-8-24(34)37)30-20-5-3-19(4-6-20)12-21(33(17-28(44)45)18-29(46)47)13-31(14-25(38)39)10-11-32(15-26(40)41)16-27(42)43/h3-8,21H,1-2,9-18H2,(H,30,35)(H,38,39)(H,40,41)(H,42,43)(H,44,45)(H,46,47)/p-2/t21-/m1/s1. The molecule has 0 aromatic heterocycles. The fourth-order valence-electron chi connectivity index (χ4n) is 4.83. The van der Waals surface area contributed by atoms with Crippen LogP contribution in [0.2, 0.25) is 0 Å². The van der Waals surface area contributed by atoms with Gasteiger partial charge in [0.25, 0.3) is 11.8 Å². The summed E-state index contributed by atoms with van der Waals surface area (Å²) in [6, 6.07) is 5.33. The Hall–Kier alpha value is -5.20. The SMILES string of the molecule is O=C([O-])CN(CCN(CC(=O)O)C[C@@H](Cc1ccc(NC(=O)CCCN2C(=O)C=CC2=O)cc1)N(CC(=O)[O-])CC(=O)O)CC(=O)O.